The maximum Gasteiger partial charge on any atom is 0.167 e. The highest BCUT2D eigenvalue weighted by atomic mass is 16.3. The van der Waals surface area contributed by atoms with Gasteiger partial charge in [0.15, 0.2) is 23.1 Å². The first-order chi connectivity index (χ1) is 27.8. The first kappa shape index (κ1) is 30.7. The minimum absolute atomic E-state index is 0.533. The molecule has 8 aromatic carbocycles. The lowest BCUT2D eigenvalue weighted by Crippen LogP contribution is -2.01. The molecule has 0 spiro atoms. The van der Waals surface area contributed by atoms with Gasteiger partial charge >= 0.3 is 0 Å². The van der Waals surface area contributed by atoms with Crippen LogP contribution in [-0.2, 0) is 0 Å². The number of furan rings is 1. The van der Waals surface area contributed by atoms with Gasteiger partial charge in [-0.25, -0.2) is 15.0 Å². The summed E-state index contributed by atoms with van der Waals surface area (Å²) in [7, 11) is 0. The molecule has 4 aromatic heterocycles. The predicted octanol–water partition coefficient (Wildman–Crippen LogP) is 12.7. The molecule has 0 aliphatic carbocycles. The Bertz CT molecular complexity index is 3540. The van der Waals surface area contributed by atoms with Crippen LogP contribution in [0.25, 0.3) is 116 Å². The number of aromatic nitrogens is 5. The summed E-state index contributed by atoms with van der Waals surface area (Å²) in [5, 5.41) is 10.4. The number of pyridine rings is 1. The van der Waals surface area contributed by atoms with Crippen molar-refractivity contribution in [1.29, 1.82) is 0 Å². The molecule has 12 aromatic rings. The van der Waals surface area contributed by atoms with Crippen molar-refractivity contribution in [2.45, 2.75) is 0 Å². The summed E-state index contributed by atoms with van der Waals surface area (Å²) in [6.07, 6.45) is 1.79. The van der Waals surface area contributed by atoms with Crippen LogP contribution in [0.4, 0.5) is 0 Å². The summed E-state index contributed by atoms with van der Waals surface area (Å²) in [6, 6.07) is 59.3. The molecule has 4 heterocycles. The largest absolute Gasteiger partial charge is 0.454 e. The fraction of sp³-hybridized carbons (Fsp3) is 0. The number of para-hydroxylation sites is 2. The normalized spacial score (nSPS) is 11.9. The molecule has 0 N–H and O–H groups in total. The van der Waals surface area contributed by atoms with Crippen LogP contribution in [0.2, 0.25) is 0 Å². The number of hydrogen-bond acceptors (Lipinski definition) is 5. The van der Waals surface area contributed by atoms with E-state index in [0.717, 1.165) is 60.5 Å². The fourth-order valence-corrected chi connectivity index (χ4v) is 8.56. The van der Waals surface area contributed by atoms with Crippen molar-refractivity contribution < 1.29 is 4.42 Å². The zero-order valence-electron chi connectivity index (χ0n) is 29.9. The van der Waals surface area contributed by atoms with Gasteiger partial charge in [0.1, 0.15) is 11.1 Å². The topological polar surface area (TPSA) is 69.6 Å². The Morgan fingerprint density at radius 3 is 1.96 bits per heavy atom. The molecule has 0 aliphatic heterocycles. The van der Waals surface area contributed by atoms with Crippen molar-refractivity contribution in [3.8, 4) is 39.9 Å². The number of fused-ring (bicyclic) bond motifs is 11. The molecule has 0 aliphatic rings. The Kier molecular flexibility index (Phi) is 6.53. The van der Waals surface area contributed by atoms with Crippen LogP contribution in [0, 0.1) is 0 Å². The molecule has 6 nitrogen and oxygen atoms in total. The zero-order valence-corrected chi connectivity index (χ0v) is 29.9. The van der Waals surface area contributed by atoms with E-state index in [0.29, 0.717) is 23.1 Å². The summed E-state index contributed by atoms with van der Waals surface area (Å²) in [5.41, 5.74) is 8.22. The third-order valence-electron chi connectivity index (χ3n) is 11.1. The summed E-state index contributed by atoms with van der Waals surface area (Å²) in [4.78, 5) is 20.3. The average molecular weight is 716 g/mol. The van der Waals surface area contributed by atoms with Crippen molar-refractivity contribution in [3.63, 3.8) is 0 Å². The molecule has 12 rings (SSSR count). The number of benzene rings is 8. The Balaban J connectivity index is 1.08. The molecule has 0 amide bonds. The molecule has 0 atom stereocenters. The Labute approximate surface area is 320 Å². The SMILES string of the molecule is c1ccc2c(c1)cc(-c1nc(-c3ccc(-n4c5ccccc5c5c6ccccc6ccc54)cc3)nc(-c3cccc4c3oc3cccnc34)n1)c1ccccc12. The van der Waals surface area contributed by atoms with Gasteiger partial charge in [0.05, 0.1) is 16.6 Å². The van der Waals surface area contributed by atoms with E-state index in [2.05, 4.69) is 149 Å². The van der Waals surface area contributed by atoms with Crippen LogP contribution in [0.3, 0.4) is 0 Å². The van der Waals surface area contributed by atoms with Gasteiger partial charge in [-0.05, 0) is 99.0 Å². The van der Waals surface area contributed by atoms with E-state index in [4.69, 9.17) is 19.4 Å². The summed E-state index contributed by atoms with van der Waals surface area (Å²) in [6.45, 7) is 0. The fourth-order valence-electron chi connectivity index (χ4n) is 8.56. The van der Waals surface area contributed by atoms with E-state index >= 15 is 0 Å². The first-order valence-corrected chi connectivity index (χ1v) is 18.7. The van der Waals surface area contributed by atoms with E-state index in [1.807, 2.05) is 30.3 Å². The van der Waals surface area contributed by atoms with Crippen LogP contribution in [-0.4, -0.2) is 24.5 Å². The van der Waals surface area contributed by atoms with Crippen molar-refractivity contribution in [1.82, 2.24) is 24.5 Å². The second-order valence-electron chi connectivity index (χ2n) is 14.2. The van der Waals surface area contributed by atoms with Crippen molar-refractivity contribution in [3.05, 3.63) is 176 Å². The van der Waals surface area contributed by atoms with Gasteiger partial charge in [0.2, 0.25) is 0 Å². The van der Waals surface area contributed by atoms with E-state index < -0.39 is 0 Å². The van der Waals surface area contributed by atoms with E-state index in [1.54, 1.807) is 6.20 Å². The van der Waals surface area contributed by atoms with Crippen molar-refractivity contribution in [2.75, 3.05) is 0 Å². The summed E-state index contributed by atoms with van der Waals surface area (Å²) >= 11 is 0. The van der Waals surface area contributed by atoms with Gasteiger partial charge < -0.3 is 8.98 Å². The van der Waals surface area contributed by atoms with Gasteiger partial charge in [0, 0.05) is 39.2 Å². The van der Waals surface area contributed by atoms with Gasteiger partial charge in [-0.2, -0.15) is 0 Å². The van der Waals surface area contributed by atoms with Crippen molar-refractivity contribution >= 4 is 76.2 Å². The predicted molar refractivity (Wildman–Crippen MR) is 228 cm³/mol. The quantitative estimate of drug-likeness (QED) is 0.170. The van der Waals surface area contributed by atoms with Crippen LogP contribution in [0.15, 0.2) is 180 Å². The van der Waals surface area contributed by atoms with Crippen molar-refractivity contribution in [2.24, 2.45) is 0 Å². The molecule has 6 heteroatoms. The molecule has 0 saturated heterocycles. The van der Waals surface area contributed by atoms with Gasteiger partial charge in [-0.1, -0.05) is 103 Å². The Morgan fingerprint density at radius 1 is 0.429 bits per heavy atom. The number of nitrogens with zero attached hydrogens (tertiary/aromatic N) is 5. The molecule has 260 valence electrons. The van der Waals surface area contributed by atoms with E-state index in [9.17, 15) is 0 Å². The molecular formula is C50H29N5O. The second-order valence-corrected chi connectivity index (χ2v) is 14.2. The van der Waals surface area contributed by atoms with Crippen LogP contribution < -0.4 is 0 Å². The molecule has 0 bridgehead atoms. The molecule has 0 unspecified atom stereocenters. The smallest absolute Gasteiger partial charge is 0.167 e. The molecule has 0 radical (unpaired) electrons. The lowest BCUT2D eigenvalue weighted by Gasteiger charge is -2.13. The maximum absolute atomic E-state index is 6.45. The molecule has 0 fully saturated rings. The lowest BCUT2D eigenvalue weighted by molar-refractivity contribution is 0.668. The minimum Gasteiger partial charge on any atom is -0.454 e. The molecule has 56 heavy (non-hydrogen) atoms. The standard InChI is InChI=1S/C50H29N5O/c1-4-14-35-30(11-1)24-27-43-45(35)38-17-7-8-20-42(38)55(43)33-25-22-31(23-26-33)48-52-49(40-19-9-18-39-46-44(56-47(39)40)21-10-28-51-46)54-50(53-48)41-29-32-12-2-3-13-34(32)36-15-5-6-16-37(36)41/h1-29H. The van der Waals surface area contributed by atoms with Gasteiger partial charge in [-0.15, -0.1) is 0 Å². The third kappa shape index (κ3) is 4.56. The highest BCUT2D eigenvalue weighted by Gasteiger charge is 2.20. The van der Waals surface area contributed by atoms with Crippen LogP contribution >= 0.6 is 0 Å². The molecular weight excluding hydrogens is 687 g/mol. The number of rotatable bonds is 4. The summed E-state index contributed by atoms with van der Waals surface area (Å²) < 4.78 is 8.80. The number of hydrogen-bond donors (Lipinski definition) is 0. The Morgan fingerprint density at radius 2 is 1.11 bits per heavy atom. The minimum atomic E-state index is 0.533. The monoisotopic (exact) mass is 715 g/mol. The van der Waals surface area contributed by atoms with E-state index in [-0.39, 0.29) is 0 Å². The van der Waals surface area contributed by atoms with Gasteiger partial charge in [0.25, 0.3) is 0 Å². The maximum atomic E-state index is 6.45. The highest BCUT2D eigenvalue weighted by molar-refractivity contribution is 6.21. The lowest BCUT2D eigenvalue weighted by atomic mass is 9.97. The third-order valence-corrected chi connectivity index (χ3v) is 11.1. The zero-order chi connectivity index (χ0) is 36.7. The Hall–Kier alpha value is -7.70. The van der Waals surface area contributed by atoms with Crippen LogP contribution in [0.5, 0.6) is 0 Å². The second kappa shape index (κ2) is 11.9. The first-order valence-electron chi connectivity index (χ1n) is 18.7. The van der Waals surface area contributed by atoms with Gasteiger partial charge in [-0.3, -0.25) is 4.98 Å². The molecule has 0 saturated carbocycles. The average Bonchev–Trinajstić information content (AvgIpc) is 3.82. The van der Waals surface area contributed by atoms with Crippen LogP contribution in [0.1, 0.15) is 0 Å². The highest BCUT2D eigenvalue weighted by Crippen LogP contribution is 2.39. The summed E-state index contributed by atoms with van der Waals surface area (Å²) in [5.74, 6) is 1.70. The van der Waals surface area contributed by atoms with E-state index in [1.165, 1.54) is 32.4 Å².